The van der Waals surface area contributed by atoms with Crippen molar-refractivity contribution in [3.05, 3.63) is 23.0 Å². The SMILES string of the molecule is COC(=O)[C@@]12OC[C@]34CC([C@@H](O)[C@@H]1O)[C@@]1(C)CC(=O)C(OCC(N)=O)=C(C)[C@@H]1C[C@H]3OC(O)[C@H](OC(=O)C=C(C)C)[C@H]42. The highest BCUT2D eigenvalue weighted by molar-refractivity contribution is 5.96. The summed E-state index contributed by atoms with van der Waals surface area (Å²) in [6.07, 6.45) is -6.01. The van der Waals surface area contributed by atoms with Crippen molar-refractivity contribution in [1.29, 1.82) is 0 Å². The predicted molar refractivity (Wildman–Crippen MR) is 141 cm³/mol. The van der Waals surface area contributed by atoms with Crippen molar-refractivity contribution in [2.24, 2.45) is 34.3 Å². The Morgan fingerprint density at radius 3 is 2.50 bits per heavy atom. The second-order valence-corrected chi connectivity index (χ2v) is 12.8. The molecule has 5 rings (SSSR count). The van der Waals surface area contributed by atoms with Crippen molar-refractivity contribution in [1.82, 2.24) is 0 Å². The number of aliphatic hydroxyl groups is 3. The summed E-state index contributed by atoms with van der Waals surface area (Å²) in [5.74, 6) is -5.34. The lowest BCUT2D eigenvalue weighted by Gasteiger charge is -2.52. The van der Waals surface area contributed by atoms with Gasteiger partial charge in [-0.1, -0.05) is 12.5 Å². The van der Waals surface area contributed by atoms with Gasteiger partial charge >= 0.3 is 11.9 Å². The number of carbonyl (C=O) groups is 4. The number of rotatable bonds is 6. The second-order valence-electron chi connectivity index (χ2n) is 12.8. The fourth-order valence-electron chi connectivity index (χ4n) is 8.58. The maximum Gasteiger partial charge on any atom is 0.341 e. The van der Waals surface area contributed by atoms with Crippen LogP contribution in [0.15, 0.2) is 23.0 Å². The highest BCUT2D eigenvalue weighted by atomic mass is 16.7. The van der Waals surface area contributed by atoms with Gasteiger partial charge in [0.1, 0.15) is 6.10 Å². The Labute approximate surface area is 242 Å². The molecule has 3 aliphatic carbocycles. The Balaban J connectivity index is 1.70. The number of amides is 1. The van der Waals surface area contributed by atoms with Crippen molar-refractivity contribution in [2.75, 3.05) is 20.3 Å². The second kappa shape index (κ2) is 10.4. The van der Waals surface area contributed by atoms with Gasteiger partial charge in [-0.2, -0.15) is 0 Å². The molecule has 3 bridgehead atoms. The van der Waals surface area contributed by atoms with Crippen LogP contribution in [0.3, 0.4) is 0 Å². The molecule has 2 heterocycles. The molecule has 1 amide bonds. The van der Waals surface area contributed by atoms with Gasteiger partial charge in [0.2, 0.25) is 5.60 Å². The number of ketones is 1. The first kappa shape index (κ1) is 30.6. The van der Waals surface area contributed by atoms with Gasteiger partial charge in [-0.05, 0) is 56.4 Å². The molecule has 5 aliphatic rings. The summed E-state index contributed by atoms with van der Waals surface area (Å²) < 4.78 is 28.7. The van der Waals surface area contributed by atoms with E-state index in [0.717, 1.165) is 7.11 Å². The number of allylic oxidation sites excluding steroid dienone is 3. The average Bonchev–Trinajstić information content (AvgIpc) is 3.16. The van der Waals surface area contributed by atoms with Gasteiger partial charge < -0.3 is 44.7 Å². The molecule has 2 saturated carbocycles. The molecule has 5 N–H and O–H groups in total. The third kappa shape index (κ3) is 4.23. The molecule has 13 heteroatoms. The Hall–Kier alpha value is -2.84. The summed E-state index contributed by atoms with van der Waals surface area (Å²) in [4.78, 5) is 51.3. The molecule has 2 aliphatic heterocycles. The molecule has 11 atom stereocenters. The number of primary amides is 1. The van der Waals surface area contributed by atoms with Gasteiger partial charge in [0.15, 0.2) is 30.5 Å². The number of nitrogens with two attached hydrogens (primary N) is 1. The summed E-state index contributed by atoms with van der Waals surface area (Å²) in [5, 5.41) is 35.0. The number of esters is 2. The van der Waals surface area contributed by atoms with Crippen molar-refractivity contribution < 1.29 is 58.2 Å². The summed E-state index contributed by atoms with van der Waals surface area (Å²) in [5.41, 5.74) is 2.08. The Kier molecular flexibility index (Phi) is 7.58. The van der Waals surface area contributed by atoms with Crippen LogP contribution in [-0.2, 0) is 42.9 Å². The topological polar surface area (TPSA) is 201 Å². The number of methoxy groups -OCH3 is 1. The largest absolute Gasteiger partial charge is 0.480 e. The van der Waals surface area contributed by atoms with E-state index < -0.39 is 95.1 Å². The third-order valence-electron chi connectivity index (χ3n) is 10.3. The minimum Gasteiger partial charge on any atom is -0.480 e. The number of ether oxygens (including phenoxy) is 5. The molecule has 1 spiro atoms. The van der Waals surface area contributed by atoms with E-state index in [9.17, 15) is 34.5 Å². The van der Waals surface area contributed by atoms with Crippen LogP contribution in [0.4, 0.5) is 0 Å². The lowest BCUT2D eigenvalue weighted by molar-refractivity contribution is -0.289. The van der Waals surface area contributed by atoms with Gasteiger partial charge in [-0.25, -0.2) is 9.59 Å². The molecule has 0 radical (unpaired) electrons. The number of carbonyl (C=O) groups excluding carboxylic acids is 4. The van der Waals surface area contributed by atoms with E-state index >= 15 is 0 Å². The van der Waals surface area contributed by atoms with Crippen LogP contribution < -0.4 is 5.73 Å². The number of hydrogen-bond acceptors (Lipinski definition) is 12. The zero-order valence-electron chi connectivity index (χ0n) is 24.3. The molecule has 42 heavy (non-hydrogen) atoms. The van der Waals surface area contributed by atoms with E-state index in [1.807, 2.05) is 6.92 Å². The molecule has 2 saturated heterocycles. The van der Waals surface area contributed by atoms with Crippen molar-refractivity contribution in [3.63, 3.8) is 0 Å². The third-order valence-corrected chi connectivity index (χ3v) is 10.3. The van der Waals surface area contributed by atoms with E-state index in [4.69, 9.17) is 29.4 Å². The molecule has 0 aromatic carbocycles. The first-order valence-corrected chi connectivity index (χ1v) is 14.1. The first-order chi connectivity index (χ1) is 19.6. The minimum absolute atomic E-state index is 0.00564. The van der Waals surface area contributed by atoms with Crippen LogP contribution in [0.2, 0.25) is 0 Å². The van der Waals surface area contributed by atoms with Crippen LogP contribution in [-0.4, -0.2) is 95.6 Å². The summed E-state index contributed by atoms with van der Waals surface area (Å²) >= 11 is 0. The number of aliphatic hydroxyl groups excluding tert-OH is 3. The zero-order valence-corrected chi connectivity index (χ0v) is 24.3. The van der Waals surface area contributed by atoms with Crippen LogP contribution in [0.5, 0.6) is 0 Å². The zero-order chi connectivity index (χ0) is 30.9. The maximum atomic E-state index is 13.6. The van der Waals surface area contributed by atoms with E-state index in [-0.39, 0.29) is 31.6 Å². The molecule has 4 fully saturated rings. The normalized spacial score (nSPS) is 43.9. The van der Waals surface area contributed by atoms with Gasteiger partial charge in [0.05, 0.1) is 31.8 Å². The highest BCUT2D eigenvalue weighted by Gasteiger charge is 2.79. The van der Waals surface area contributed by atoms with Crippen molar-refractivity contribution >= 4 is 23.6 Å². The number of Topliss-reactive ketones (excluding diaryl/α,β-unsaturated/α-hetero) is 1. The standard InChI is InChI=1S/C29H39NO12/c1-12(2)6-19(33)42-22-23-28-8-15(20(34)24(35)29(23,40-11-28)26(37)38-5)27(4)9-16(31)21(39-10-18(30)32)13(3)14(27)7-17(28)41-25(22)36/h6,14-15,17,20,22-25,34-36H,7-11H2,1-5H3,(H2,30,32)/t14-,15?,17+,20+,22+,23+,24-,25?,27-,28+,29-/m0/s1. The van der Waals surface area contributed by atoms with E-state index in [1.165, 1.54) is 6.08 Å². The molecule has 2 unspecified atom stereocenters. The van der Waals surface area contributed by atoms with Crippen LogP contribution in [0.25, 0.3) is 0 Å². The quantitative estimate of drug-likeness (QED) is 0.231. The van der Waals surface area contributed by atoms with Gasteiger partial charge in [0, 0.05) is 17.9 Å². The molecular weight excluding hydrogens is 554 g/mol. The predicted octanol–water partition coefficient (Wildman–Crippen LogP) is -0.357. The van der Waals surface area contributed by atoms with Gasteiger partial charge in [0.25, 0.3) is 5.91 Å². The first-order valence-electron chi connectivity index (χ1n) is 14.1. The minimum atomic E-state index is -2.20. The summed E-state index contributed by atoms with van der Waals surface area (Å²) in [6, 6.07) is 0. The van der Waals surface area contributed by atoms with Crippen LogP contribution in [0, 0.1) is 28.6 Å². The highest BCUT2D eigenvalue weighted by Crippen LogP contribution is 2.68. The average molecular weight is 594 g/mol. The van der Waals surface area contributed by atoms with Crippen molar-refractivity contribution in [2.45, 2.75) is 83.3 Å². The van der Waals surface area contributed by atoms with Gasteiger partial charge in [-0.3, -0.25) is 9.59 Å². The van der Waals surface area contributed by atoms with Crippen LogP contribution >= 0.6 is 0 Å². The molecule has 0 aromatic rings. The molecule has 13 nitrogen and oxygen atoms in total. The Morgan fingerprint density at radius 2 is 1.88 bits per heavy atom. The summed E-state index contributed by atoms with van der Waals surface area (Å²) in [7, 11) is 1.12. The lowest BCUT2D eigenvalue weighted by Crippen LogP contribution is -2.68. The van der Waals surface area contributed by atoms with E-state index in [1.54, 1.807) is 20.8 Å². The lowest BCUT2D eigenvalue weighted by atomic mass is 9.57. The summed E-state index contributed by atoms with van der Waals surface area (Å²) in [6.45, 7) is 6.28. The molecule has 0 aromatic heterocycles. The van der Waals surface area contributed by atoms with Crippen LogP contribution in [0.1, 0.15) is 47.0 Å². The smallest absolute Gasteiger partial charge is 0.341 e. The number of hydrogen-bond donors (Lipinski definition) is 4. The van der Waals surface area contributed by atoms with E-state index in [2.05, 4.69) is 0 Å². The Morgan fingerprint density at radius 1 is 1.19 bits per heavy atom. The van der Waals surface area contributed by atoms with E-state index in [0.29, 0.717) is 11.1 Å². The molecule has 232 valence electrons. The maximum absolute atomic E-state index is 13.6. The monoisotopic (exact) mass is 593 g/mol. The Bertz CT molecular complexity index is 1260. The van der Waals surface area contributed by atoms with Gasteiger partial charge in [-0.15, -0.1) is 0 Å². The number of fused-ring (bicyclic) bond motifs is 3. The fourth-order valence-corrected chi connectivity index (χ4v) is 8.58. The van der Waals surface area contributed by atoms with Crippen molar-refractivity contribution in [3.8, 4) is 0 Å². The fraction of sp³-hybridized carbons (Fsp3) is 0.724. The molecular formula is C29H39NO12.